The second-order valence-corrected chi connectivity index (χ2v) is 4.26. The van der Waals surface area contributed by atoms with Gasteiger partial charge in [0.15, 0.2) is 0 Å². The Morgan fingerprint density at radius 2 is 1.43 bits per heavy atom. The average Bonchev–Trinajstić information content (AvgIpc) is 2.89. The Kier molecular flexibility index (Phi) is 3.75. The minimum Gasteiger partial charge on any atom is -0.466 e. The molecule has 0 radical (unpaired) electrons. The minimum atomic E-state index is -4.96. The lowest BCUT2D eigenvalue weighted by Crippen LogP contribution is -2.13. The molecule has 1 N–H and O–H groups in total. The van der Waals surface area contributed by atoms with Crippen molar-refractivity contribution in [1.29, 1.82) is 0 Å². The summed E-state index contributed by atoms with van der Waals surface area (Å²) in [5.41, 5.74) is -3.53. The molecule has 1 unspecified atom stereocenters. The van der Waals surface area contributed by atoms with Crippen molar-refractivity contribution in [3.05, 3.63) is 59.0 Å². The van der Waals surface area contributed by atoms with E-state index in [0.29, 0.717) is 12.1 Å². The summed E-state index contributed by atoms with van der Waals surface area (Å²) in [6.45, 7) is 0. The van der Waals surface area contributed by atoms with Gasteiger partial charge >= 0.3 is 12.4 Å². The van der Waals surface area contributed by atoms with Crippen molar-refractivity contribution < 1.29 is 35.9 Å². The number of rotatable bonds is 2. The van der Waals surface area contributed by atoms with Crippen molar-refractivity contribution in [2.24, 2.45) is 0 Å². The number of halogens is 6. The van der Waals surface area contributed by atoms with E-state index in [9.17, 15) is 31.4 Å². The monoisotopic (exact) mass is 310 g/mol. The second kappa shape index (κ2) is 5.10. The van der Waals surface area contributed by atoms with Crippen LogP contribution in [0.4, 0.5) is 26.3 Å². The molecule has 0 aliphatic carbocycles. The smallest absolute Gasteiger partial charge is 0.416 e. The first-order valence-electron chi connectivity index (χ1n) is 5.60. The zero-order valence-electron chi connectivity index (χ0n) is 10.2. The molecule has 1 atom stereocenters. The van der Waals surface area contributed by atoms with Crippen molar-refractivity contribution in [2.75, 3.05) is 0 Å². The maximum absolute atomic E-state index is 12.7. The van der Waals surface area contributed by atoms with Gasteiger partial charge in [0.05, 0.1) is 17.4 Å². The van der Waals surface area contributed by atoms with Crippen LogP contribution in [0.5, 0.6) is 0 Å². The summed E-state index contributed by atoms with van der Waals surface area (Å²) in [7, 11) is 0. The van der Waals surface area contributed by atoms with E-state index in [1.807, 2.05) is 0 Å². The molecule has 2 aromatic rings. The van der Waals surface area contributed by atoms with Crippen molar-refractivity contribution in [3.8, 4) is 0 Å². The summed E-state index contributed by atoms with van der Waals surface area (Å²) in [4.78, 5) is 0. The van der Waals surface area contributed by atoms with Crippen LogP contribution >= 0.6 is 0 Å². The number of aliphatic hydroxyl groups is 1. The number of aliphatic hydroxyl groups excluding tert-OH is 1. The van der Waals surface area contributed by atoms with Crippen LogP contribution in [0.2, 0.25) is 0 Å². The lowest BCUT2D eigenvalue weighted by atomic mass is 10.00. The number of hydrogen-bond acceptors (Lipinski definition) is 2. The molecule has 0 fully saturated rings. The first-order valence-corrected chi connectivity index (χ1v) is 5.60. The third-order valence-electron chi connectivity index (χ3n) is 2.74. The van der Waals surface area contributed by atoms with Crippen LogP contribution in [0.25, 0.3) is 0 Å². The Hall–Kier alpha value is -1.96. The van der Waals surface area contributed by atoms with Gasteiger partial charge in [0, 0.05) is 0 Å². The standard InChI is InChI=1S/C13H8F6O2/c14-12(15,16)8-4-7(5-9(6-8)13(17,18)19)11(20)10-2-1-3-21-10/h1-6,11,20H. The lowest BCUT2D eigenvalue weighted by Gasteiger charge is -2.16. The van der Waals surface area contributed by atoms with Crippen LogP contribution in [0.3, 0.4) is 0 Å². The summed E-state index contributed by atoms with van der Waals surface area (Å²) in [5.74, 6) is -0.151. The molecular formula is C13H8F6O2. The van der Waals surface area contributed by atoms with Gasteiger partial charge in [-0.25, -0.2) is 0 Å². The maximum Gasteiger partial charge on any atom is 0.416 e. The highest BCUT2D eigenvalue weighted by atomic mass is 19.4. The lowest BCUT2D eigenvalue weighted by molar-refractivity contribution is -0.143. The molecule has 2 rings (SSSR count). The first kappa shape index (κ1) is 15.4. The highest BCUT2D eigenvalue weighted by Crippen LogP contribution is 2.38. The predicted molar refractivity (Wildman–Crippen MR) is 59.2 cm³/mol. The molecule has 8 heteroatoms. The molecule has 0 aliphatic heterocycles. The van der Waals surface area contributed by atoms with E-state index in [1.165, 1.54) is 12.1 Å². The summed E-state index contributed by atoms with van der Waals surface area (Å²) >= 11 is 0. The van der Waals surface area contributed by atoms with Crippen LogP contribution < -0.4 is 0 Å². The van der Waals surface area contributed by atoms with Gasteiger partial charge in [-0.15, -0.1) is 0 Å². The largest absolute Gasteiger partial charge is 0.466 e. The molecule has 114 valence electrons. The van der Waals surface area contributed by atoms with E-state index >= 15 is 0 Å². The number of hydrogen-bond donors (Lipinski definition) is 1. The Labute approximate surface area is 114 Å². The van der Waals surface area contributed by atoms with Crippen LogP contribution in [-0.2, 0) is 12.4 Å². The van der Waals surface area contributed by atoms with Gasteiger partial charge in [0.2, 0.25) is 0 Å². The van der Waals surface area contributed by atoms with Crippen LogP contribution in [0.1, 0.15) is 28.6 Å². The van der Waals surface area contributed by atoms with E-state index in [-0.39, 0.29) is 11.8 Å². The zero-order chi connectivity index (χ0) is 15.8. The molecule has 2 nitrogen and oxygen atoms in total. The van der Waals surface area contributed by atoms with Crippen molar-refractivity contribution in [2.45, 2.75) is 18.5 Å². The summed E-state index contributed by atoms with van der Waals surface area (Å²) < 4.78 is 80.8. The van der Waals surface area contributed by atoms with Crippen molar-refractivity contribution in [1.82, 2.24) is 0 Å². The Morgan fingerprint density at radius 1 is 0.905 bits per heavy atom. The van der Waals surface area contributed by atoms with E-state index in [0.717, 1.165) is 6.26 Å². The molecule has 1 aromatic carbocycles. The normalized spacial score (nSPS) is 14.2. The molecule has 0 spiro atoms. The highest BCUT2D eigenvalue weighted by Gasteiger charge is 2.37. The highest BCUT2D eigenvalue weighted by molar-refractivity contribution is 5.36. The molecule has 1 aromatic heterocycles. The van der Waals surface area contributed by atoms with E-state index in [1.54, 1.807) is 0 Å². The van der Waals surface area contributed by atoms with Crippen molar-refractivity contribution >= 4 is 0 Å². The van der Waals surface area contributed by atoms with Gasteiger partial charge in [0.1, 0.15) is 11.9 Å². The van der Waals surface area contributed by atoms with Gasteiger partial charge < -0.3 is 9.52 Å². The molecule has 0 aliphatic rings. The average molecular weight is 310 g/mol. The molecule has 1 heterocycles. The molecule has 0 saturated heterocycles. The van der Waals surface area contributed by atoms with E-state index in [2.05, 4.69) is 0 Å². The molecule has 21 heavy (non-hydrogen) atoms. The summed E-state index contributed by atoms with van der Waals surface area (Å²) in [6.07, 6.45) is -10.5. The Bertz CT molecular complexity index is 580. The fraction of sp³-hybridized carbons (Fsp3) is 0.231. The van der Waals surface area contributed by atoms with Crippen LogP contribution in [0.15, 0.2) is 41.0 Å². The third kappa shape index (κ3) is 3.38. The Morgan fingerprint density at radius 3 is 1.81 bits per heavy atom. The van der Waals surface area contributed by atoms with Gasteiger partial charge in [-0.3, -0.25) is 0 Å². The topological polar surface area (TPSA) is 33.4 Å². The summed E-state index contributed by atoms with van der Waals surface area (Å²) in [6, 6.07) is 3.53. The number of benzene rings is 1. The number of furan rings is 1. The molecular weight excluding hydrogens is 302 g/mol. The number of alkyl halides is 6. The fourth-order valence-electron chi connectivity index (χ4n) is 1.75. The minimum absolute atomic E-state index is 0.00163. The maximum atomic E-state index is 12.7. The van der Waals surface area contributed by atoms with E-state index < -0.39 is 35.1 Å². The first-order chi connectivity index (χ1) is 9.59. The second-order valence-electron chi connectivity index (χ2n) is 4.26. The predicted octanol–water partition coefficient (Wildman–Crippen LogP) is 4.40. The van der Waals surface area contributed by atoms with Crippen LogP contribution in [-0.4, -0.2) is 5.11 Å². The van der Waals surface area contributed by atoms with Crippen molar-refractivity contribution in [3.63, 3.8) is 0 Å². The molecule has 0 bridgehead atoms. The van der Waals surface area contributed by atoms with Gasteiger partial charge in [-0.2, -0.15) is 26.3 Å². The summed E-state index contributed by atoms with van der Waals surface area (Å²) in [5, 5.41) is 9.83. The fourth-order valence-corrected chi connectivity index (χ4v) is 1.75. The quantitative estimate of drug-likeness (QED) is 0.834. The van der Waals surface area contributed by atoms with Gasteiger partial charge in [0.25, 0.3) is 0 Å². The van der Waals surface area contributed by atoms with Gasteiger partial charge in [-0.05, 0) is 35.9 Å². The third-order valence-corrected chi connectivity index (χ3v) is 2.74. The Balaban J connectivity index is 2.55. The van der Waals surface area contributed by atoms with E-state index in [4.69, 9.17) is 4.42 Å². The van der Waals surface area contributed by atoms with Gasteiger partial charge in [-0.1, -0.05) is 0 Å². The van der Waals surface area contributed by atoms with Crippen LogP contribution in [0, 0.1) is 0 Å². The molecule has 0 saturated carbocycles. The zero-order valence-corrected chi connectivity index (χ0v) is 10.2. The molecule has 0 amide bonds. The SMILES string of the molecule is OC(c1cc(C(F)(F)F)cc(C(F)(F)F)c1)c1ccco1.